The fourth-order valence-electron chi connectivity index (χ4n) is 2.76. The Hall–Kier alpha value is -2.02. The summed E-state index contributed by atoms with van der Waals surface area (Å²) < 4.78 is 11.2. The first-order valence-electron chi connectivity index (χ1n) is 8.00. The second-order valence-electron chi connectivity index (χ2n) is 5.80. The van der Waals surface area contributed by atoms with Crippen molar-refractivity contribution in [1.82, 2.24) is 4.90 Å². The van der Waals surface area contributed by atoms with Gasteiger partial charge in [-0.15, -0.1) is 0 Å². The highest BCUT2D eigenvalue weighted by atomic mass is 35.5. The second kappa shape index (κ2) is 7.31. The molecule has 2 aromatic rings. The quantitative estimate of drug-likeness (QED) is 0.554. The summed E-state index contributed by atoms with van der Waals surface area (Å²) in [6.45, 7) is 0.734. The fraction of sp³-hybridized carbons (Fsp3) is 0.158. The number of rotatable bonds is 4. The highest BCUT2D eigenvalue weighted by Gasteiger charge is 2.32. The molecule has 0 atom stereocenters. The standard InChI is InChI=1S/C19H14ClNO3S2/c20-14-10-16-15(23-11-24-16)8-13(14)9-17-18(22)21(19(25)26-17)7-6-12-4-2-1-3-5-12/h1-5,8-10H,6-7,11H2/b17-9-. The van der Waals surface area contributed by atoms with Gasteiger partial charge >= 0.3 is 0 Å². The number of fused-ring (bicyclic) bond motifs is 1. The van der Waals surface area contributed by atoms with Gasteiger partial charge in [-0.25, -0.2) is 0 Å². The molecule has 0 saturated carbocycles. The van der Waals surface area contributed by atoms with Crippen molar-refractivity contribution < 1.29 is 14.3 Å². The minimum Gasteiger partial charge on any atom is -0.454 e. The molecular formula is C19H14ClNO3S2. The fourth-order valence-corrected chi connectivity index (χ4v) is 4.27. The van der Waals surface area contributed by atoms with Crippen molar-refractivity contribution in [2.75, 3.05) is 13.3 Å². The normalized spacial score (nSPS) is 17.4. The van der Waals surface area contributed by atoms with Gasteiger partial charge in [0.1, 0.15) is 4.32 Å². The van der Waals surface area contributed by atoms with Crippen LogP contribution in [0.2, 0.25) is 5.02 Å². The molecule has 7 heteroatoms. The summed E-state index contributed by atoms with van der Waals surface area (Å²) in [6, 6.07) is 13.5. The van der Waals surface area contributed by atoms with Crippen LogP contribution in [-0.4, -0.2) is 28.5 Å². The number of hydrogen-bond donors (Lipinski definition) is 0. The van der Waals surface area contributed by atoms with Crippen LogP contribution < -0.4 is 9.47 Å². The van der Waals surface area contributed by atoms with Gasteiger partial charge < -0.3 is 9.47 Å². The van der Waals surface area contributed by atoms with E-state index >= 15 is 0 Å². The zero-order chi connectivity index (χ0) is 18.1. The molecule has 132 valence electrons. The zero-order valence-corrected chi connectivity index (χ0v) is 16.0. The summed E-state index contributed by atoms with van der Waals surface area (Å²) >= 11 is 13.0. The number of benzene rings is 2. The van der Waals surface area contributed by atoms with E-state index in [1.54, 1.807) is 23.1 Å². The molecule has 2 aliphatic rings. The number of halogens is 1. The molecule has 0 aliphatic carbocycles. The average molecular weight is 404 g/mol. The Labute approximate surface area is 165 Å². The number of ether oxygens (including phenoxy) is 2. The van der Waals surface area contributed by atoms with Gasteiger partial charge in [-0.05, 0) is 29.7 Å². The molecule has 0 bridgehead atoms. The third-order valence-corrected chi connectivity index (χ3v) is 5.82. The van der Waals surface area contributed by atoms with E-state index in [4.69, 9.17) is 33.3 Å². The monoisotopic (exact) mass is 403 g/mol. The van der Waals surface area contributed by atoms with Crippen LogP contribution in [0.5, 0.6) is 11.5 Å². The van der Waals surface area contributed by atoms with Gasteiger partial charge in [-0.3, -0.25) is 9.69 Å². The van der Waals surface area contributed by atoms with E-state index in [1.807, 2.05) is 30.3 Å². The topological polar surface area (TPSA) is 38.8 Å². The summed E-state index contributed by atoms with van der Waals surface area (Å²) in [5.74, 6) is 1.15. The maximum atomic E-state index is 12.7. The number of amides is 1. The lowest BCUT2D eigenvalue weighted by Crippen LogP contribution is -2.30. The van der Waals surface area contributed by atoms with Crippen molar-refractivity contribution in [1.29, 1.82) is 0 Å². The first-order valence-corrected chi connectivity index (χ1v) is 9.60. The Morgan fingerprint density at radius 2 is 1.92 bits per heavy atom. The van der Waals surface area contributed by atoms with Crippen LogP contribution in [0.15, 0.2) is 47.4 Å². The predicted molar refractivity (Wildman–Crippen MR) is 108 cm³/mol. The van der Waals surface area contributed by atoms with Gasteiger partial charge in [-0.1, -0.05) is 65.9 Å². The van der Waals surface area contributed by atoms with Gasteiger partial charge in [0, 0.05) is 12.6 Å². The zero-order valence-electron chi connectivity index (χ0n) is 13.6. The van der Waals surface area contributed by atoms with E-state index in [2.05, 4.69) is 0 Å². The van der Waals surface area contributed by atoms with E-state index < -0.39 is 0 Å². The molecule has 2 aromatic carbocycles. The molecule has 1 fully saturated rings. The predicted octanol–water partition coefficient (Wildman–Crippen LogP) is 4.51. The van der Waals surface area contributed by atoms with Crippen molar-refractivity contribution in [3.8, 4) is 11.5 Å². The van der Waals surface area contributed by atoms with Crippen LogP contribution >= 0.6 is 35.6 Å². The van der Waals surface area contributed by atoms with E-state index in [-0.39, 0.29) is 12.7 Å². The molecule has 0 N–H and O–H groups in total. The SMILES string of the molecule is O=C1/C(=C/c2cc3c(cc2Cl)OCO3)SC(=S)N1CCc1ccccc1. The first-order chi connectivity index (χ1) is 12.6. The lowest BCUT2D eigenvalue weighted by molar-refractivity contribution is -0.122. The van der Waals surface area contributed by atoms with Crippen LogP contribution in [0.25, 0.3) is 6.08 Å². The molecule has 1 amide bonds. The smallest absolute Gasteiger partial charge is 0.266 e. The Balaban J connectivity index is 1.52. The lowest BCUT2D eigenvalue weighted by atomic mass is 10.1. The Bertz CT molecular complexity index is 915. The first kappa shape index (κ1) is 17.4. The Kier molecular flexibility index (Phi) is 4.89. The highest BCUT2D eigenvalue weighted by molar-refractivity contribution is 8.26. The van der Waals surface area contributed by atoms with Gasteiger partial charge in [0.2, 0.25) is 6.79 Å². The summed E-state index contributed by atoms with van der Waals surface area (Å²) in [5.41, 5.74) is 1.88. The Morgan fingerprint density at radius 1 is 1.19 bits per heavy atom. The number of carbonyl (C=O) groups is 1. The van der Waals surface area contributed by atoms with Crippen molar-refractivity contribution in [3.05, 3.63) is 63.5 Å². The van der Waals surface area contributed by atoms with Crippen LogP contribution in [-0.2, 0) is 11.2 Å². The molecule has 4 rings (SSSR count). The summed E-state index contributed by atoms with van der Waals surface area (Å²) in [5, 5.41) is 0.504. The largest absolute Gasteiger partial charge is 0.454 e. The lowest BCUT2D eigenvalue weighted by Gasteiger charge is -2.14. The van der Waals surface area contributed by atoms with Crippen molar-refractivity contribution in [2.24, 2.45) is 0 Å². The third-order valence-electron chi connectivity index (χ3n) is 4.12. The van der Waals surface area contributed by atoms with Crippen LogP contribution in [0.1, 0.15) is 11.1 Å². The summed E-state index contributed by atoms with van der Waals surface area (Å²) in [4.78, 5) is 14.9. The summed E-state index contributed by atoms with van der Waals surface area (Å²) in [6.07, 6.45) is 2.51. The van der Waals surface area contributed by atoms with Crippen molar-refractivity contribution in [2.45, 2.75) is 6.42 Å². The molecular weight excluding hydrogens is 390 g/mol. The minimum absolute atomic E-state index is 0.0929. The molecule has 0 aromatic heterocycles. The molecule has 1 saturated heterocycles. The van der Waals surface area contributed by atoms with Gasteiger partial charge in [0.25, 0.3) is 5.91 Å². The van der Waals surface area contributed by atoms with Gasteiger partial charge in [0.05, 0.1) is 9.93 Å². The number of nitrogens with zero attached hydrogens (tertiary/aromatic N) is 1. The van der Waals surface area contributed by atoms with Crippen LogP contribution in [0.4, 0.5) is 0 Å². The average Bonchev–Trinajstić information content (AvgIpc) is 3.19. The van der Waals surface area contributed by atoms with E-state index in [0.29, 0.717) is 37.9 Å². The number of thiocarbonyl (C=S) groups is 1. The molecule has 0 unspecified atom stereocenters. The minimum atomic E-state index is -0.0929. The second-order valence-corrected chi connectivity index (χ2v) is 7.88. The molecule has 0 radical (unpaired) electrons. The number of carbonyl (C=O) groups excluding carboxylic acids is 1. The number of hydrogen-bond acceptors (Lipinski definition) is 5. The van der Waals surface area contributed by atoms with Gasteiger partial charge in [-0.2, -0.15) is 0 Å². The molecule has 26 heavy (non-hydrogen) atoms. The molecule has 2 aliphatic heterocycles. The Morgan fingerprint density at radius 3 is 2.69 bits per heavy atom. The maximum absolute atomic E-state index is 12.7. The van der Waals surface area contributed by atoms with E-state index in [1.165, 1.54) is 17.3 Å². The van der Waals surface area contributed by atoms with Gasteiger partial charge in [0.15, 0.2) is 11.5 Å². The molecule has 4 nitrogen and oxygen atoms in total. The molecule has 0 spiro atoms. The third kappa shape index (κ3) is 3.45. The highest BCUT2D eigenvalue weighted by Crippen LogP contribution is 2.39. The van der Waals surface area contributed by atoms with Crippen LogP contribution in [0.3, 0.4) is 0 Å². The van der Waals surface area contributed by atoms with E-state index in [9.17, 15) is 4.79 Å². The maximum Gasteiger partial charge on any atom is 0.266 e. The van der Waals surface area contributed by atoms with Crippen molar-refractivity contribution >= 4 is 51.9 Å². The van der Waals surface area contributed by atoms with Crippen molar-refractivity contribution in [3.63, 3.8) is 0 Å². The van der Waals surface area contributed by atoms with Crippen LogP contribution in [0, 0.1) is 0 Å². The summed E-state index contributed by atoms with van der Waals surface area (Å²) in [7, 11) is 0. The van der Waals surface area contributed by atoms with E-state index in [0.717, 1.165) is 6.42 Å². The number of thioether (sulfide) groups is 1. The molecule has 2 heterocycles.